The summed E-state index contributed by atoms with van der Waals surface area (Å²) in [6.07, 6.45) is 5.08. The smallest absolute Gasteiger partial charge is 0.0585 e. The Morgan fingerprint density at radius 2 is 2.18 bits per heavy atom. The summed E-state index contributed by atoms with van der Waals surface area (Å²) in [6, 6.07) is 0. The highest BCUT2D eigenvalue weighted by Crippen LogP contribution is 2.12. The van der Waals surface area contributed by atoms with Crippen molar-refractivity contribution in [3.8, 4) is 0 Å². The Kier molecular flexibility index (Phi) is 7.76. The predicted molar refractivity (Wildman–Crippen MR) is 53.2 cm³/mol. The van der Waals surface area contributed by atoms with Gasteiger partial charge >= 0.3 is 0 Å². The monoisotopic (exact) mass is 171 g/mol. The second kappa shape index (κ2) is 7.90. The van der Waals surface area contributed by atoms with E-state index in [0.29, 0.717) is 0 Å². The zero-order valence-corrected chi connectivity index (χ0v) is 8.28. The number of unbranched alkanes of at least 4 members (excludes halogenated alkanes) is 1. The molecular formula is C9H17NS. The van der Waals surface area contributed by atoms with Crippen molar-refractivity contribution >= 4 is 17.4 Å². The Bertz CT molecular complexity index is 128. The molecule has 0 spiro atoms. The van der Waals surface area contributed by atoms with Gasteiger partial charge in [-0.25, -0.2) is 4.99 Å². The zero-order chi connectivity index (χ0) is 8.53. The van der Waals surface area contributed by atoms with Crippen LogP contribution in [-0.4, -0.2) is 11.7 Å². The van der Waals surface area contributed by atoms with Crippen molar-refractivity contribution in [1.29, 1.82) is 0 Å². The zero-order valence-electron chi connectivity index (χ0n) is 7.47. The molecule has 2 heteroatoms. The molecule has 0 aromatic heterocycles. The summed E-state index contributed by atoms with van der Waals surface area (Å²) in [6.45, 7) is 5.30. The van der Waals surface area contributed by atoms with E-state index in [2.05, 4.69) is 36.2 Å². The molecule has 0 bridgehead atoms. The highest BCUT2D eigenvalue weighted by molar-refractivity contribution is 7.78. The van der Waals surface area contributed by atoms with Gasteiger partial charge in [0.2, 0.25) is 0 Å². The van der Waals surface area contributed by atoms with E-state index in [0.717, 1.165) is 12.5 Å². The van der Waals surface area contributed by atoms with Crippen LogP contribution in [0.25, 0.3) is 0 Å². The van der Waals surface area contributed by atoms with E-state index in [9.17, 15) is 0 Å². The third kappa shape index (κ3) is 6.21. The first kappa shape index (κ1) is 10.8. The SMILES string of the molecule is CCCC[C@H](CC)CN=C=S. The molecule has 0 aliphatic heterocycles. The molecule has 0 aliphatic carbocycles. The summed E-state index contributed by atoms with van der Waals surface area (Å²) >= 11 is 4.51. The fraction of sp³-hybridized carbons (Fsp3) is 0.889. The molecular weight excluding hydrogens is 154 g/mol. The molecule has 0 aromatic carbocycles. The third-order valence-electron chi connectivity index (χ3n) is 1.96. The van der Waals surface area contributed by atoms with Crippen LogP contribution in [0.3, 0.4) is 0 Å². The first-order valence-electron chi connectivity index (χ1n) is 4.38. The lowest BCUT2D eigenvalue weighted by molar-refractivity contribution is 0.463. The van der Waals surface area contributed by atoms with Crippen LogP contribution in [-0.2, 0) is 0 Å². The number of hydrogen-bond donors (Lipinski definition) is 0. The van der Waals surface area contributed by atoms with Gasteiger partial charge in [-0.1, -0.05) is 33.1 Å². The number of rotatable bonds is 6. The first-order chi connectivity index (χ1) is 5.35. The molecule has 0 aromatic rings. The molecule has 0 radical (unpaired) electrons. The van der Waals surface area contributed by atoms with Crippen molar-refractivity contribution < 1.29 is 0 Å². The highest BCUT2D eigenvalue weighted by Gasteiger charge is 2.02. The molecule has 64 valence electrons. The average molecular weight is 171 g/mol. The summed E-state index contributed by atoms with van der Waals surface area (Å²) in [5.41, 5.74) is 0. The van der Waals surface area contributed by atoms with Gasteiger partial charge in [0.15, 0.2) is 0 Å². The van der Waals surface area contributed by atoms with Crippen molar-refractivity contribution in [1.82, 2.24) is 0 Å². The second-order valence-corrected chi connectivity index (χ2v) is 3.03. The maximum absolute atomic E-state index is 4.51. The van der Waals surface area contributed by atoms with Gasteiger partial charge in [-0.2, -0.15) is 0 Å². The minimum Gasteiger partial charge on any atom is -0.232 e. The second-order valence-electron chi connectivity index (χ2n) is 2.85. The number of aliphatic imine (C=N–C) groups is 1. The van der Waals surface area contributed by atoms with E-state index in [1.54, 1.807) is 0 Å². The summed E-state index contributed by atoms with van der Waals surface area (Å²) in [4.78, 5) is 3.96. The summed E-state index contributed by atoms with van der Waals surface area (Å²) < 4.78 is 0. The third-order valence-corrected chi connectivity index (χ3v) is 2.09. The number of thiocarbonyl (C=S) groups is 1. The Morgan fingerprint density at radius 3 is 2.64 bits per heavy atom. The average Bonchev–Trinajstić information content (AvgIpc) is 2.05. The lowest BCUT2D eigenvalue weighted by Crippen LogP contribution is -2.02. The van der Waals surface area contributed by atoms with Crippen LogP contribution >= 0.6 is 12.2 Å². The van der Waals surface area contributed by atoms with Crippen LogP contribution in [0.1, 0.15) is 39.5 Å². The van der Waals surface area contributed by atoms with E-state index < -0.39 is 0 Å². The van der Waals surface area contributed by atoms with Crippen molar-refractivity contribution in [3.63, 3.8) is 0 Å². The van der Waals surface area contributed by atoms with Crippen LogP contribution in [0.2, 0.25) is 0 Å². The van der Waals surface area contributed by atoms with Crippen molar-refractivity contribution in [2.45, 2.75) is 39.5 Å². The minimum atomic E-state index is 0.727. The molecule has 0 unspecified atom stereocenters. The molecule has 0 amide bonds. The van der Waals surface area contributed by atoms with Gasteiger partial charge in [-0.15, -0.1) is 0 Å². The van der Waals surface area contributed by atoms with Crippen LogP contribution in [0, 0.1) is 5.92 Å². The van der Waals surface area contributed by atoms with Crippen molar-refractivity contribution in [2.75, 3.05) is 6.54 Å². The molecule has 0 aliphatic rings. The Hall–Kier alpha value is -0.200. The molecule has 0 heterocycles. The van der Waals surface area contributed by atoms with Crippen LogP contribution in [0.4, 0.5) is 0 Å². The van der Waals surface area contributed by atoms with E-state index in [-0.39, 0.29) is 0 Å². The minimum absolute atomic E-state index is 0.727. The van der Waals surface area contributed by atoms with Gasteiger partial charge in [0, 0.05) is 0 Å². The van der Waals surface area contributed by atoms with E-state index in [1.807, 2.05) is 0 Å². The maximum Gasteiger partial charge on any atom is 0.0585 e. The van der Waals surface area contributed by atoms with Gasteiger partial charge in [0.1, 0.15) is 0 Å². The lowest BCUT2D eigenvalue weighted by atomic mass is 10.00. The molecule has 0 saturated carbocycles. The van der Waals surface area contributed by atoms with E-state index >= 15 is 0 Å². The Labute approximate surface area is 74.9 Å². The fourth-order valence-electron chi connectivity index (χ4n) is 1.08. The summed E-state index contributed by atoms with van der Waals surface area (Å²) in [7, 11) is 0. The predicted octanol–water partition coefficient (Wildman–Crippen LogP) is 3.31. The van der Waals surface area contributed by atoms with Crippen LogP contribution in [0.15, 0.2) is 4.99 Å². The number of isothiocyanates is 1. The van der Waals surface area contributed by atoms with Crippen molar-refractivity contribution in [2.24, 2.45) is 10.9 Å². The van der Waals surface area contributed by atoms with Gasteiger partial charge in [0.25, 0.3) is 0 Å². The number of hydrogen-bond acceptors (Lipinski definition) is 2. The first-order valence-corrected chi connectivity index (χ1v) is 4.79. The topological polar surface area (TPSA) is 12.4 Å². The van der Waals surface area contributed by atoms with Crippen LogP contribution < -0.4 is 0 Å². The summed E-state index contributed by atoms with van der Waals surface area (Å²) in [5.74, 6) is 0.727. The lowest BCUT2D eigenvalue weighted by Gasteiger charge is -2.09. The maximum atomic E-state index is 4.51. The molecule has 1 atom stereocenters. The van der Waals surface area contributed by atoms with Gasteiger partial charge in [-0.3, -0.25) is 0 Å². The van der Waals surface area contributed by atoms with Gasteiger partial charge in [0.05, 0.1) is 11.7 Å². The largest absolute Gasteiger partial charge is 0.232 e. The quantitative estimate of drug-likeness (QED) is 0.441. The molecule has 0 N–H and O–H groups in total. The van der Waals surface area contributed by atoms with Gasteiger partial charge in [-0.05, 0) is 24.6 Å². The van der Waals surface area contributed by atoms with E-state index in [4.69, 9.17) is 0 Å². The van der Waals surface area contributed by atoms with E-state index in [1.165, 1.54) is 25.7 Å². The fourth-order valence-corrected chi connectivity index (χ4v) is 1.16. The highest BCUT2D eigenvalue weighted by atomic mass is 32.1. The standard InChI is InChI=1S/C9H17NS/c1-3-5-6-9(4-2)7-10-8-11/h9H,3-7H2,1-2H3/t9-/m0/s1. The Balaban J connectivity index is 3.48. The molecule has 0 saturated heterocycles. The molecule has 0 fully saturated rings. The molecule has 11 heavy (non-hydrogen) atoms. The molecule has 0 rings (SSSR count). The normalized spacial score (nSPS) is 12.2. The van der Waals surface area contributed by atoms with Crippen molar-refractivity contribution in [3.05, 3.63) is 0 Å². The Morgan fingerprint density at radius 1 is 1.45 bits per heavy atom. The summed E-state index contributed by atoms with van der Waals surface area (Å²) in [5, 5.41) is 2.42. The van der Waals surface area contributed by atoms with Gasteiger partial charge < -0.3 is 0 Å². The number of nitrogens with zero attached hydrogens (tertiary/aromatic N) is 1. The molecule has 1 nitrogen and oxygen atoms in total. The van der Waals surface area contributed by atoms with Crippen LogP contribution in [0.5, 0.6) is 0 Å².